The quantitative estimate of drug-likeness (QED) is 0.289. The summed E-state index contributed by atoms with van der Waals surface area (Å²) < 4.78 is 55.4. The van der Waals surface area contributed by atoms with Crippen LogP contribution in [0.15, 0.2) is 73.2 Å². The van der Waals surface area contributed by atoms with Crippen molar-refractivity contribution in [2.24, 2.45) is 0 Å². The second kappa shape index (κ2) is 10.3. The van der Waals surface area contributed by atoms with Gasteiger partial charge in [-0.3, -0.25) is 4.79 Å². The third-order valence-electron chi connectivity index (χ3n) is 5.14. The van der Waals surface area contributed by atoms with Crippen LogP contribution >= 0.6 is 11.6 Å². The number of anilines is 2. The lowest BCUT2D eigenvalue weighted by Gasteiger charge is -2.16. The fraction of sp³-hybridized carbons (Fsp3) is 0.125. The van der Waals surface area contributed by atoms with Crippen molar-refractivity contribution in [3.05, 3.63) is 101 Å². The number of alkyl halides is 3. The second-order valence-electron chi connectivity index (χ2n) is 7.60. The van der Waals surface area contributed by atoms with Gasteiger partial charge in [-0.2, -0.15) is 18.2 Å². The molecule has 36 heavy (non-hydrogen) atoms. The number of amides is 1. The molecule has 0 saturated heterocycles. The van der Waals surface area contributed by atoms with Gasteiger partial charge in [0, 0.05) is 18.6 Å². The van der Waals surface area contributed by atoms with Crippen molar-refractivity contribution in [3.8, 4) is 5.82 Å². The van der Waals surface area contributed by atoms with Crippen molar-refractivity contribution >= 4 is 29.1 Å². The van der Waals surface area contributed by atoms with E-state index in [0.29, 0.717) is 11.8 Å². The van der Waals surface area contributed by atoms with Crippen molar-refractivity contribution in [1.82, 2.24) is 19.9 Å². The van der Waals surface area contributed by atoms with Gasteiger partial charge in [0.2, 0.25) is 5.95 Å². The van der Waals surface area contributed by atoms with Gasteiger partial charge in [0.05, 0.1) is 28.9 Å². The van der Waals surface area contributed by atoms with Crippen LogP contribution in [0.25, 0.3) is 5.82 Å². The summed E-state index contributed by atoms with van der Waals surface area (Å²) in [6.45, 7) is -0.373. The first-order chi connectivity index (χ1) is 17.2. The Kier molecular flexibility index (Phi) is 7.22. The highest BCUT2D eigenvalue weighted by atomic mass is 35.5. The highest BCUT2D eigenvalue weighted by Crippen LogP contribution is 2.34. The molecule has 1 amide bonds. The number of carbonyl (C=O) groups excluding carboxylic acids is 1. The van der Waals surface area contributed by atoms with E-state index in [2.05, 4.69) is 20.6 Å². The smallest absolute Gasteiger partial charge is 0.394 e. The van der Waals surface area contributed by atoms with Crippen LogP contribution in [0.5, 0.6) is 0 Å². The van der Waals surface area contributed by atoms with E-state index < -0.39 is 35.3 Å². The molecule has 0 bridgehead atoms. The number of nitrogens with one attached hydrogen (secondary N) is 2. The van der Waals surface area contributed by atoms with Crippen LogP contribution < -0.4 is 10.6 Å². The lowest BCUT2D eigenvalue weighted by molar-refractivity contribution is -0.137. The topological polar surface area (TPSA) is 92.1 Å². The van der Waals surface area contributed by atoms with Gasteiger partial charge in [0.15, 0.2) is 5.82 Å². The first-order valence-corrected chi connectivity index (χ1v) is 10.8. The van der Waals surface area contributed by atoms with E-state index in [1.807, 2.05) is 0 Å². The van der Waals surface area contributed by atoms with Crippen LogP contribution in [0.3, 0.4) is 0 Å². The van der Waals surface area contributed by atoms with Crippen molar-refractivity contribution < 1.29 is 27.5 Å². The Morgan fingerprint density at radius 3 is 2.56 bits per heavy atom. The normalized spacial score (nSPS) is 12.3. The third kappa shape index (κ3) is 5.64. The van der Waals surface area contributed by atoms with Crippen LogP contribution in [0.4, 0.5) is 29.2 Å². The second-order valence-corrected chi connectivity index (χ2v) is 8.01. The largest absolute Gasteiger partial charge is 0.421 e. The minimum Gasteiger partial charge on any atom is -0.394 e. The Hall–Kier alpha value is -3.96. The zero-order chi connectivity index (χ0) is 25.9. The van der Waals surface area contributed by atoms with Gasteiger partial charge in [-0.05, 0) is 29.8 Å². The monoisotopic (exact) mass is 519 g/mol. The number of nitrogens with zero attached hydrogens (tertiary/aromatic N) is 3. The maximum atomic E-state index is 13.7. The average molecular weight is 520 g/mol. The molecule has 186 valence electrons. The fourth-order valence-corrected chi connectivity index (χ4v) is 3.58. The Bertz CT molecular complexity index is 1380. The molecule has 4 aromatic rings. The van der Waals surface area contributed by atoms with Crippen LogP contribution in [-0.2, 0) is 6.18 Å². The number of aliphatic hydroxyl groups is 1. The van der Waals surface area contributed by atoms with Gasteiger partial charge in [-0.25, -0.2) is 9.37 Å². The number of carbonyl (C=O) groups is 1. The number of aromatic nitrogens is 3. The summed E-state index contributed by atoms with van der Waals surface area (Å²) in [7, 11) is 0. The van der Waals surface area contributed by atoms with Crippen molar-refractivity contribution in [2.75, 3.05) is 11.9 Å². The highest BCUT2D eigenvalue weighted by molar-refractivity contribution is 6.33. The molecular weight excluding hydrogens is 502 g/mol. The zero-order valence-electron chi connectivity index (χ0n) is 18.3. The van der Waals surface area contributed by atoms with E-state index in [1.165, 1.54) is 24.5 Å². The van der Waals surface area contributed by atoms with Crippen LogP contribution in [0.1, 0.15) is 27.5 Å². The van der Waals surface area contributed by atoms with Crippen molar-refractivity contribution in [2.45, 2.75) is 12.2 Å². The molecule has 0 spiro atoms. The van der Waals surface area contributed by atoms with Gasteiger partial charge in [0.1, 0.15) is 11.4 Å². The predicted octanol–water partition coefficient (Wildman–Crippen LogP) is 5.29. The molecule has 2 aromatic heterocycles. The predicted molar refractivity (Wildman–Crippen MR) is 125 cm³/mol. The lowest BCUT2D eigenvalue weighted by atomic mass is 10.1. The summed E-state index contributed by atoms with van der Waals surface area (Å²) in [6, 6.07) is 12.8. The van der Waals surface area contributed by atoms with Crippen molar-refractivity contribution in [1.29, 1.82) is 0 Å². The van der Waals surface area contributed by atoms with E-state index in [9.17, 15) is 27.5 Å². The molecule has 3 N–H and O–H groups in total. The summed E-state index contributed by atoms with van der Waals surface area (Å²) in [5, 5.41) is 15.0. The lowest BCUT2D eigenvalue weighted by Crippen LogP contribution is -2.30. The van der Waals surface area contributed by atoms with E-state index in [0.717, 1.165) is 16.7 Å². The molecule has 0 aliphatic rings. The first kappa shape index (κ1) is 25.1. The molecule has 4 rings (SSSR count). The molecule has 0 saturated carbocycles. The van der Waals surface area contributed by atoms with Crippen LogP contribution in [-0.4, -0.2) is 32.2 Å². The molecule has 0 aliphatic carbocycles. The molecule has 1 unspecified atom stereocenters. The Morgan fingerprint density at radius 2 is 1.89 bits per heavy atom. The van der Waals surface area contributed by atoms with Gasteiger partial charge in [-0.1, -0.05) is 41.9 Å². The SMILES string of the molecule is O=C(NC(CO)c1ccccc1)c1ccn(-c2nc(Nc3ccc(F)cc3Cl)ncc2C(F)(F)F)c1. The first-order valence-electron chi connectivity index (χ1n) is 10.5. The molecule has 2 aromatic carbocycles. The van der Waals surface area contributed by atoms with Crippen molar-refractivity contribution in [3.63, 3.8) is 0 Å². The summed E-state index contributed by atoms with van der Waals surface area (Å²) in [4.78, 5) is 20.4. The Morgan fingerprint density at radius 1 is 1.14 bits per heavy atom. The number of hydrogen-bond donors (Lipinski definition) is 3. The molecule has 2 heterocycles. The van der Waals surface area contributed by atoms with Gasteiger partial charge in [0.25, 0.3) is 5.91 Å². The average Bonchev–Trinajstić information content (AvgIpc) is 3.34. The molecule has 0 aliphatic heterocycles. The highest BCUT2D eigenvalue weighted by Gasteiger charge is 2.36. The standard InChI is InChI=1S/C24H18ClF4N5O2/c25-18-10-16(26)6-7-19(18)32-23-30-11-17(24(27,28)29)21(33-23)34-9-8-15(12-34)22(36)31-20(13-35)14-4-2-1-3-5-14/h1-12,20,35H,13H2,(H,31,36)(H,30,32,33). The van der Waals surface area contributed by atoms with E-state index >= 15 is 0 Å². The number of aliphatic hydroxyl groups excluding tert-OH is 1. The minimum atomic E-state index is -4.79. The summed E-state index contributed by atoms with van der Waals surface area (Å²) in [5.74, 6) is -1.96. The number of rotatable bonds is 7. The fourth-order valence-electron chi connectivity index (χ4n) is 3.37. The Balaban J connectivity index is 1.63. The zero-order valence-corrected chi connectivity index (χ0v) is 19.1. The summed E-state index contributed by atoms with van der Waals surface area (Å²) >= 11 is 5.97. The molecule has 0 radical (unpaired) electrons. The molecule has 0 fully saturated rings. The van der Waals surface area contributed by atoms with E-state index in [1.54, 1.807) is 30.3 Å². The van der Waals surface area contributed by atoms with E-state index in [4.69, 9.17) is 11.6 Å². The Labute approximate surface area is 207 Å². The van der Waals surface area contributed by atoms with Gasteiger partial charge < -0.3 is 20.3 Å². The maximum Gasteiger partial charge on any atom is 0.421 e. The third-order valence-corrected chi connectivity index (χ3v) is 5.45. The molecule has 12 heteroatoms. The summed E-state index contributed by atoms with van der Waals surface area (Å²) in [6.07, 6.45) is -1.76. The number of benzene rings is 2. The molecular formula is C24H18ClF4N5O2. The molecule has 1 atom stereocenters. The summed E-state index contributed by atoms with van der Waals surface area (Å²) in [5.41, 5.74) is -0.240. The van der Waals surface area contributed by atoms with Crippen LogP contribution in [0.2, 0.25) is 5.02 Å². The number of hydrogen-bond acceptors (Lipinski definition) is 5. The van der Waals surface area contributed by atoms with Crippen LogP contribution in [0, 0.1) is 5.82 Å². The van der Waals surface area contributed by atoms with E-state index in [-0.39, 0.29) is 28.8 Å². The molecule has 7 nitrogen and oxygen atoms in total. The maximum absolute atomic E-state index is 13.7. The van der Waals surface area contributed by atoms with Gasteiger partial charge in [-0.15, -0.1) is 0 Å². The van der Waals surface area contributed by atoms with Gasteiger partial charge >= 0.3 is 6.18 Å². The number of halogens is 5. The minimum absolute atomic E-state index is 0.0168.